The number of carbonyl (C=O) groups is 1. The van der Waals surface area contributed by atoms with Gasteiger partial charge in [-0.05, 0) is 87.9 Å². The second-order valence-corrected chi connectivity index (χ2v) is 10.8. The molecule has 3 fully saturated rings. The predicted octanol–water partition coefficient (Wildman–Crippen LogP) is 8.08. The molecule has 0 amide bonds. The summed E-state index contributed by atoms with van der Waals surface area (Å²) in [7, 11) is 0. The molecule has 2 nitrogen and oxygen atoms in total. The van der Waals surface area contributed by atoms with Crippen LogP contribution in [0.5, 0.6) is 0 Å². The van der Waals surface area contributed by atoms with Crippen LogP contribution in [-0.4, -0.2) is 12.1 Å². The van der Waals surface area contributed by atoms with Crippen LogP contribution >= 0.6 is 0 Å². The van der Waals surface area contributed by atoms with Crippen molar-refractivity contribution in [2.24, 2.45) is 29.6 Å². The molecule has 0 unspecified atom stereocenters. The first-order valence-corrected chi connectivity index (χ1v) is 13.4. The van der Waals surface area contributed by atoms with Crippen LogP contribution in [0.15, 0.2) is 0 Å². The molecule has 0 bridgehead atoms. The van der Waals surface area contributed by atoms with Crippen molar-refractivity contribution in [2.75, 3.05) is 0 Å². The molecule has 0 aromatic heterocycles. The van der Waals surface area contributed by atoms with E-state index in [9.17, 15) is 4.79 Å². The minimum absolute atomic E-state index is 0.141. The Morgan fingerprint density at radius 2 is 1.21 bits per heavy atom. The largest absolute Gasteiger partial charge is 0.462 e. The van der Waals surface area contributed by atoms with E-state index < -0.39 is 0 Å². The van der Waals surface area contributed by atoms with E-state index >= 15 is 0 Å². The highest BCUT2D eigenvalue weighted by Gasteiger charge is 2.34. The molecule has 3 saturated carbocycles. The van der Waals surface area contributed by atoms with Gasteiger partial charge in [0.2, 0.25) is 0 Å². The van der Waals surface area contributed by atoms with Crippen molar-refractivity contribution in [3.05, 3.63) is 0 Å². The molecule has 0 radical (unpaired) electrons. The van der Waals surface area contributed by atoms with Gasteiger partial charge in [-0.3, -0.25) is 4.79 Å². The zero-order valence-electron chi connectivity index (χ0n) is 19.5. The molecule has 0 heterocycles. The quantitative estimate of drug-likeness (QED) is 0.287. The van der Waals surface area contributed by atoms with Gasteiger partial charge in [0.15, 0.2) is 0 Å². The molecule has 0 atom stereocenters. The number of rotatable bonds is 9. The van der Waals surface area contributed by atoms with Gasteiger partial charge in [0.1, 0.15) is 6.10 Å². The van der Waals surface area contributed by atoms with E-state index in [2.05, 4.69) is 13.8 Å². The van der Waals surface area contributed by atoms with Crippen molar-refractivity contribution in [3.63, 3.8) is 0 Å². The van der Waals surface area contributed by atoms with Crippen LogP contribution in [0.2, 0.25) is 0 Å². The van der Waals surface area contributed by atoms with Crippen molar-refractivity contribution < 1.29 is 9.53 Å². The molecule has 0 N–H and O–H groups in total. The first-order valence-electron chi connectivity index (χ1n) is 13.4. The molecule has 0 saturated heterocycles. The van der Waals surface area contributed by atoms with Crippen LogP contribution < -0.4 is 0 Å². The second-order valence-electron chi connectivity index (χ2n) is 10.8. The Morgan fingerprint density at radius 3 is 1.79 bits per heavy atom. The Labute approximate surface area is 180 Å². The fourth-order valence-corrected chi connectivity index (χ4v) is 6.66. The lowest BCUT2D eigenvalue weighted by molar-refractivity contribution is -0.157. The third-order valence-electron chi connectivity index (χ3n) is 8.65. The third-order valence-corrected chi connectivity index (χ3v) is 8.65. The molecule has 0 spiro atoms. The number of hydrogen-bond donors (Lipinski definition) is 0. The number of carbonyl (C=O) groups excluding carboxylic acids is 1. The summed E-state index contributed by atoms with van der Waals surface area (Å²) < 4.78 is 5.96. The highest BCUT2D eigenvalue weighted by atomic mass is 16.5. The molecule has 3 aliphatic rings. The monoisotopic (exact) mass is 404 g/mol. The molecule has 2 heteroatoms. The molecule has 0 aliphatic heterocycles. The lowest BCUT2D eigenvalue weighted by atomic mass is 9.68. The van der Waals surface area contributed by atoms with Crippen LogP contribution in [0.3, 0.4) is 0 Å². The highest BCUT2D eigenvalue weighted by molar-refractivity contribution is 5.72. The summed E-state index contributed by atoms with van der Waals surface area (Å²) in [5, 5.41) is 0. The maximum atomic E-state index is 12.7. The van der Waals surface area contributed by atoms with Gasteiger partial charge in [-0.15, -0.1) is 0 Å². The Kier molecular flexibility index (Phi) is 9.86. The fraction of sp³-hybridized carbons (Fsp3) is 0.963. The van der Waals surface area contributed by atoms with E-state index in [4.69, 9.17) is 4.74 Å². The van der Waals surface area contributed by atoms with Crippen LogP contribution in [0.4, 0.5) is 0 Å². The van der Waals surface area contributed by atoms with E-state index in [0.29, 0.717) is 0 Å². The molecule has 168 valence electrons. The fourth-order valence-electron chi connectivity index (χ4n) is 6.66. The van der Waals surface area contributed by atoms with E-state index in [0.717, 1.165) is 49.4 Å². The van der Waals surface area contributed by atoms with Gasteiger partial charge in [0.05, 0.1) is 5.92 Å². The van der Waals surface area contributed by atoms with Crippen molar-refractivity contribution in [2.45, 2.75) is 136 Å². The number of esters is 1. The molecule has 3 aliphatic carbocycles. The first-order chi connectivity index (χ1) is 14.2. The van der Waals surface area contributed by atoms with Gasteiger partial charge in [0, 0.05) is 0 Å². The normalized spacial score (nSPS) is 35.9. The molecule has 3 rings (SSSR count). The minimum Gasteiger partial charge on any atom is -0.462 e. The predicted molar refractivity (Wildman–Crippen MR) is 122 cm³/mol. The summed E-state index contributed by atoms with van der Waals surface area (Å²) in [5.74, 6) is 4.07. The molecule has 0 aromatic carbocycles. The summed E-state index contributed by atoms with van der Waals surface area (Å²) in [4.78, 5) is 12.7. The van der Waals surface area contributed by atoms with Crippen LogP contribution in [0, 0.1) is 29.6 Å². The van der Waals surface area contributed by atoms with Crippen LogP contribution in [0.25, 0.3) is 0 Å². The number of hydrogen-bond acceptors (Lipinski definition) is 2. The Morgan fingerprint density at radius 1 is 0.655 bits per heavy atom. The maximum Gasteiger partial charge on any atom is 0.309 e. The number of ether oxygens (including phenoxy) is 1. The van der Waals surface area contributed by atoms with Crippen LogP contribution in [-0.2, 0) is 9.53 Å². The number of unbranched alkanes of at least 4 members (excludes halogenated alkanes) is 2. The van der Waals surface area contributed by atoms with Crippen molar-refractivity contribution >= 4 is 5.97 Å². The van der Waals surface area contributed by atoms with Gasteiger partial charge < -0.3 is 4.74 Å². The lowest BCUT2D eigenvalue weighted by Crippen LogP contribution is -2.32. The van der Waals surface area contributed by atoms with Crippen LogP contribution in [0.1, 0.15) is 129 Å². The average molecular weight is 405 g/mol. The summed E-state index contributed by atoms with van der Waals surface area (Å²) >= 11 is 0. The van der Waals surface area contributed by atoms with E-state index in [1.54, 1.807) is 0 Å². The van der Waals surface area contributed by atoms with E-state index in [1.807, 2.05) is 0 Å². The Bertz CT molecular complexity index is 449. The summed E-state index contributed by atoms with van der Waals surface area (Å²) in [6.45, 7) is 4.59. The molecular formula is C27H48O2. The topological polar surface area (TPSA) is 26.3 Å². The molecule has 0 aromatic rings. The lowest BCUT2D eigenvalue weighted by Gasteiger charge is -2.38. The van der Waals surface area contributed by atoms with E-state index in [-0.39, 0.29) is 18.0 Å². The van der Waals surface area contributed by atoms with Crippen molar-refractivity contribution in [3.8, 4) is 0 Å². The highest BCUT2D eigenvalue weighted by Crippen LogP contribution is 2.42. The SMILES string of the molecule is CCCCCC1CCC(C2CCC(C(=O)OC3CCC(CCC)CC3)CC2)CC1. The third kappa shape index (κ3) is 7.28. The van der Waals surface area contributed by atoms with Gasteiger partial charge in [0.25, 0.3) is 0 Å². The minimum atomic E-state index is 0.141. The zero-order valence-corrected chi connectivity index (χ0v) is 19.5. The summed E-state index contributed by atoms with van der Waals surface area (Å²) in [6.07, 6.45) is 23.8. The Balaban J connectivity index is 1.31. The standard InChI is InChI=1S/C27H48O2/c1-3-5-6-8-22-9-13-23(14-10-22)24-15-17-25(18-16-24)27(28)29-26-19-11-21(7-4-2)12-20-26/h21-26H,3-20H2,1-2H3. The summed E-state index contributed by atoms with van der Waals surface area (Å²) in [6, 6.07) is 0. The Hall–Kier alpha value is -0.530. The van der Waals surface area contributed by atoms with E-state index in [1.165, 1.54) is 89.9 Å². The van der Waals surface area contributed by atoms with Crippen molar-refractivity contribution in [1.29, 1.82) is 0 Å². The summed E-state index contributed by atoms with van der Waals surface area (Å²) in [5.41, 5.74) is 0. The second kappa shape index (κ2) is 12.4. The zero-order chi connectivity index (χ0) is 20.5. The molecule has 29 heavy (non-hydrogen) atoms. The average Bonchev–Trinajstić information content (AvgIpc) is 2.76. The smallest absolute Gasteiger partial charge is 0.309 e. The van der Waals surface area contributed by atoms with Gasteiger partial charge in [-0.2, -0.15) is 0 Å². The van der Waals surface area contributed by atoms with Gasteiger partial charge in [-0.1, -0.05) is 65.2 Å². The maximum absolute atomic E-state index is 12.7. The molecular weight excluding hydrogens is 356 g/mol. The van der Waals surface area contributed by atoms with Gasteiger partial charge >= 0.3 is 5.97 Å². The van der Waals surface area contributed by atoms with Crippen molar-refractivity contribution in [1.82, 2.24) is 0 Å². The van der Waals surface area contributed by atoms with Gasteiger partial charge in [-0.25, -0.2) is 0 Å². The first kappa shape index (κ1) is 23.1.